The number of ether oxygens (including phenoxy) is 1. The van der Waals surface area contributed by atoms with Crippen molar-refractivity contribution in [2.75, 3.05) is 7.11 Å². The van der Waals surface area contributed by atoms with Gasteiger partial charge in [0.05, 0.1) is 11.6 Å². The van der Waals surface area contributed by atoms with Gasteiger partial charge in [0, 0.05) is 5.56 Å². The molecule has 0 aliphatic carbocycles. The van der Waals surface area contributed by atoms with Gasteiger partial charge in [-0.1, -0.05) is 42.5 Å². The van der Waals surface area contributed by atoms with Crippen LogP contribution < -0.4 is 10.1 Å². The van der Waals surface area contributed by atoms with Crippen molar-refractivity contribution < 1.29 is 19.7 Å². The van der Waals surface area contributed by atoms with E-state index in [4.69, 9.17) is 9.73 Å². The Morgan fingerprint density at radius 1 is 1.07 bits per heavy atom. The zero-order chi connectivity index (χ0) is 20.6. The molecule has 3 aromatic carbocycles. The molecule has 1 aliphatic heterocycles. The van der Waals surface area contributed by atoms with Gasteiger partial charge < -0.3 is 14.9 Å². The lowest BCUT2D eigenvalue weighted by molar-refractivity contribution is 0.200. The van der Waals surface area contributed by atoms with Crippen LogP contribution in [0.15, 0.2) is 76.2 Å². The Hall–Kier alpha value is -3.32. The molecule has 146 valence electrons. The molecule has 0 radical (unpaired) electrons. The molecule has 29 heavy (non-hydrogen) atoms. The van der Waals surface area contributed by atoms with Gasteiger partial charge in [0.15, 0.2) is 0 Å². The number of rotatable bonds is 3. The van der Waals surface area contributed by atoms with E-state index >= 15 is 0 Å². The molecule has 0 saturated heterocycles. The molecule has 1 amide bonds. The van der Waals surface area contributed by atoms with E-state index in [2.05, 4.69) is 21.2 Å². The van der Waals surface area contributed by atoms with Crippen LogP contribution in [-0.4, -0.2) is 29.3 Å². The van der Waals surface area contributed by atoms with Crippen LogP contribution in [0.1, 0.15) is 22.3 Å². The highest BCUT2D eigenvalue weighted by Gasteiger charge is 2.43. The molecule has 3 N–H and O–H groups in total. The number of benzene rings is 3. The summed E-state index contributed by atoms with van der Waals surface area (Å²) < 4.78 is 5.81. The van der Waals surface area contributed by atoms with Crippen molar-refractivity contribution in [3.05, 3.63) is 93.5 Å². The zero-order valence-electron chi connectivity index (χ0n) is 15.4. The number of amides is 1. The molecular weight excluding hydrogens is 436 g/mol. The van der Waals surface area contributed by atoms with Crippen LogP contribution in [0.5, 0.6) is 11.5 Å². The molecule has 3 aromatic rings. The number of aromatic hydroxyl groups is 1. The lowest BCUT2D eigenvalue weighted by Gasteiger charge is -2.29. The topological polar surface area (TPSA) is 91.2 Å². The molecule has 6 nitrogen and oxygen atoms in total. The van der Waals surface area contributed by atoms with Crippen molar-refractivity contribution in [1.29, 1.82) is 0 Å². The smallest absolute Gasteiger partial charge is 0.410 e. The summed E-state index contributed by atoms with van der Waals surface area (Å²) in [6.45, 7) is 0. The van der Waals surface area contributed by atoms with Gasteiger partial charge in [-0.3, -0.25) is 5.32 Å². The molecular formula is C22H17BrN2O4. The first-order chi connectivity index (χ1) is 14.0. The van der Waals surface area contributed by atoms with Gasteiger partial charge in [0.1, 0.15) is 22.9 Å². The summed E-state index contributed by atoms with van der Waals surface area (Å²) in [6, 6.07) is 20.2. The van der Waals surface area contributed by atoms with Crippen LogP contribution in [0.2, 0.25) is 0 Å². The van der Waals surface area contributed by atoms with Gasteiger partial charge in [-0.25, -0.2) is 9.79 Å². The van der Waals surface area contributed by atoms with E-state index in [1.807, 2.05) is 48.5 Å². The first kappa shape index (κ1) is 19.0. The molecule has 1 aliphatic rings. The van der Waals surface area contributed by atoms with Crippen LogP contribution >= 0.6 is 15.9 Å². The van der Waals surface area contributed by atoms with Crippen LogP contribution in [0.4, 0.5) is 4.79 Å². The van der Waals surface area contributed by atoms with Crippen molar-refractivity contribution in [2.45, 2.75) is 5.54 Å². The Morgan fingerprint density at radius 3 is 2.41 bits per heavy atom. The summed E-state index contributed by atoms with van der Waals surface area (Å²) in [4.78, 5) is 16.3. The molecule has 1 atom stereocenters. The first-order valence-electron chi connectivity index (χ1n) is 8.79. The Kier molecular flexibility index (Phi) is 4.76. The lowest BCUT2D eigenvalue weighted by atomic mass is 9.77. The maximum absolute atomic E-state index is 11.4. The molecule has 7 heteroatoms. The highest BCUT2D eigenvalue weighted by Crippen LogP contribution is 2.47. The molecule has 0 bridgehead atoms. The first-order valence-corrected chi connectivity index (χ1v) is 9.58. The van der Waals surface area contributed by atoms with Crippen molar-refractivity contribution in [3.63, 3.8) is 0 Å². The van der Waals surface area contributed by atoms with Crippen molar-refractivity contribution in [3.8, 4) is 11.5 Å². The summed E-state index contributed by atoms with van der Waals surface area (Å²) >= 11 is 3.38. The summed E-state index contributed by atoms with van der Waals surface area (Å²) in [5.74, 6) is 1.08. The second-order valence-electron chi connectivity index (χ2n) is 6.54. The third kappa shape index (κ3) is 3.13. The zero-order valence-corrected chi connectivity index (χ0v) is 17.0. The number of hydrogen-bond acceptors (Lipinski definition) is 4. The molecule has 0 fully saturated rings. The number of amidine groups is 1. The van der Waals surface area contributed by atoms with E-state index in [9.17, 15) is 15.0 Å². The Labute approximate surface area is 175 Å². The van der Waals surface area contributed by atoms with Gasteiger partial charge >= 0.3 is 6.09 Å². The number of phenols is 1. The number of hydrogen-bond donors (Lipinski definition) is 3. The number of aliphatic imine (C=N–C) groups is 1. The normalized spacial score (nSPS) is 17.4. The molecule has 0 saturated carbocycles. The summed E-state index contributed by atoms with van der Waals surface area (Å²) in [6.07, 6.45) is -1.18. The molecule has 1 heterocycles. The highest BCUT2D eigenvalue weighted by atomic mass is 79.9. The fourth-order valence-corrected chi connectivity index (χ4v) is 4.04. The molecule has 0 spiro atoms. The maximum Gasteiger partial charge on any atom is 0.410 e. The number of methoxy groups -OCH3 is 1. The van der Waals surface area contributed by atoms with E-state index in [0.717, 1.165) is 16.7 Å². The van der Waals surface area contributed by atoms with Gasteiger partial charge in [0.2, 0.25) is 0 Å². The van der Waals surface area contributed by atoms with E-state index in [0.29, 0.717) is 15.8 Å². The highest BCUT2D eigenvalue weighted by molar-refractivity contribution is 9.10. The fraction of sp³-hybridized carbons (Fsp3) is 0.0909. The van der Waals surface area contributed by atoms with Gasteiger partial charge in [-0.2, -0.15) is 0 Å². The molecule has 4 rings (SSSR count). The fourth-order valence-electron chi connectivity index (χ4n) is 3.66. The third-order valence-corrected chi connectivity index (χ3v) is 5.59. The van der Waals surface area contributed by atoms with Crippen LogP contribution in [-0.2, 0) is 5.54 Å². The largest absolute Gasteiger partial charge is 0.507 e. The predicted molar refractivity (Wildman–Crippen MR) is 113 cm³/mol. The van der Waals surface area contributed by atoms with Crippen LogP contribution in [0.25, 0.3) is 0 Å². The van der Waals surface area contributed by atoms with Crippen LogP contribution in [0, 0.1) is 0 Å². The predicted octanol–water partition coefficient (Wildman–Crippen LogP) is 4.48. The maximum atomic E-state index is 11.4. The number of carbonyl (C=O) groups is 1. The third-order valence-electron chi connectivity index (χ3n) is 4.95. The Bertz CT molecular complexity index is 1130. The van der Waals surface area contributed by atoms with Crippen LogP contribution in [0.3, 0.4) is 0 Å². The number of carboxylic acid groups (broad SMARTS) is 1. The molecule has 0 aromatic heterocycles. The number of nitrogens with one attached hydrogen (secondary N) is 1. The van der Waals surface area contributed by atoms with Crippen molar-refractivity contribution in [2.24, 2.45) is 4.99 Å². The number of halogens is 1. The standard InChI is InChI=1S/C22H17BrN2O4/c1-29-15-9-6-13(7-10-15)22(14-8-11-19(26)18(23)12-14)17-5-3-2-4-16(17)20(25-22)24-21(27)28/h2-12,26H,1H3,(H,24,25)(H,27,28). The van der Waals surface area contributed by atoms with E-state index < -0.39 is 11.6 Å². The SMILES string of the molecule is COc1ccc(C2(c3ccc(O)c(Br)c3)N=C(NC(=O)O)c3ccccc32)cc1. The average molecular weight is 453 g/mol. The monoisotopic (exact) mass is 452 g/mol. The number of phenolic OH excluding ortho intramolecular Hbond substituents is 1. The molecule has 1 unspecified atom stereocenters. The van der Waals surface area contributed by atoms with Crippen molar-refractivity contribution in [1.82, 2.24) is 5.32 Å². The van der Waals surface area contributed by atoms with E-state index in [1.54, 1.807) is 25.3 Å². The Balaban J connectivity index is 2.04. The van der Waals surface area contributed by atoms with Gasteiger partial charge in [-0.15, -0.1) is 0 Å². The second kappa shape index (κ2) is 7.25. The number of nitrogens with zero attached hydrogens (tertiary/aromatic N) is 1. The minimum absolute atomic E-state index is 0.109. The minimum Gasteiger partial charge on any atom is -0.507 e. The summed E-state index contributed by atoms with van der Waals surface area (Å²) in [7, 11) is 1.60. The summed E-state index contributed by atoms with van der Waals surface area (Å²) in [5.41, 5.74) is 2.17. The lowest BCUT2D eigenvalue weighted by Crippen LogP contribution is -2.29. The number of fused-ring (bicyclic) bond motifs is 1. The Morgan fingerprint density at radius 2 is 1.76 bits per heavy atom. The van der Waals surface area contributed by atoms with Crippen molar-refractivity contribution >= 4 is 27.9 Å². The second-order valence-corrected chi connectivity index (χ2v) is 7.40. The van der Waals surface area contributed by atoms with Gasteiger partial charge in [0.25, 0.3) is 0 Å². The summed E-state index contributed by atoms with van der Waals surface area (Å²) in [5, 5.41) is 21.7. The van der Waals surface area contributed by atoms with E-state index in [1.165, 1.54) is 0 Å². The van der Waals surface area contributed by atoms with Gasteiger partial charge in [-0.05, 0) is 56.9 Å². The minimum atomic E-state index is -1.18. The average Bonchev–Trinajstić information content (AvgIpc) is 3.05. The quantitative estimate of drug-likeness (QED) is 0.546. The van der Waals surface area contributed by atoms with E-state index in [-0.39, 0.29) is 11.6 Å².